The number of esters is 2. The van der Waals surface area contributed by atoms with Gasteiger partial charge in [-0.3, -0.25) is 14.9 Å². The van der Waals surface area contributed by atoms with Crippen LogP contribution < -0.4 is 10.2 Å². The van der Waals surface area contributed by atoms with Gasteiger partial charge in [-0.25, -0.2) is 9.59 Å². The summed E-state index contributed by atoms with van der Waals surface area (Å²) in [7, 11) is 1.22. The fourth-order valence-electron chi connectivity index (χ4n) is 3.30. The molecule has 1 atom stereocenters. The first-order chi connectivity index (χ1) is 14.2. The molecule has 30 heavy (non-hydrogen) atoms. The van der Waals surface area contributed by atoms with Crippen LogP contribution in [0.2, 0.25) is 0 Å². The van der Waals surface area contributed by atoms with Crippen molar-refractivity contribution < 1.29 is 28.8 Å². The van der Waals surface area contributed by atoms with E-state index >= 15 is 0 Å². The van der Waals surface area contributed by atoms with Gasteiger partial charge < -0.3 is 19.7 Å². The number of carbonyl (C=O) groups is 3. The fourth-order valence-corrected chi connectivity index (χ4v) is 3.30. The lowest BCUT2D eigenvalue weighted by Crippen LogP contribution is -2.44. The van der Waals surface area contributed by atoms with Crippen LogP contribution in [0.5, 0.6) is 0 Å². The van der Waals surface area contributed by atoms with Crippen LogP contribution in [-0.2, 0) is 19.1 Å². The summed E-state index contributed by atoms with van der Waals surface area (Å²) in [5.41, 5.74) is 0.254. The molecule has 0 saturated carbocycles. The van der Waals surface area contributed by atoms with Gasteiger partial charge in [0.15, 0.2) is 6.61 Å². The van der Waals surface area contributed by atoms with Gasteiger partial charge in [0.05, 0.1) is 17.6 Å². The molecule has 2 rings (SSSR count). The van der Waals surface area contributed by atoms with Crippen LogP contribution in [0.3, 0.4) is 0 Å². The quantitative estimate of drug-likeness (QED) is 0.364. The van der Waals surface area contributed by atoms with Gasteiger partial charge in [-0.2, -0.15) is 0 Å². The van der Waals surface area contributed by atoms with E-state index < -0.39 is 35.4 Å². The molecule has 1 N–H and O–H groups in total. The second-order valence-electron chi connectivity index (χ2n) is 7.50. The predicted molar refractivity (Wildman–Crippen MR) is 108 cm³/mol. The Kier molecular flexibility index (Phi) is 8.14. The molecule has 1 aromatic rings. The standard InChI is InChI=1S/C20H27N3O7/c1-13(2)10-15(20(26)29-3)21-18(24)12-30-19(25)14-6-7-16(17(11-14)23(27)28)22-8-4-5-9-22/h6-7,11,13,15H,4-5,8-10,12H2,1-3H3,(H,21,24)/t15-/m0/s1. The molecule has 1 aliphatic heterocycles. The SMILES string of the molecule is COC(=O)[C@H](CC(C)C)NC(=O)COC(=O)c1ccc(N2CCCC2)c([N+](=O)[O-])c1. The molecular formula is C20H27N3O7. The van der Waals surface area contributed by atoms with E-state index in [0.717, 1.165) is 32.0 Å². The lowest BCUT2D eigenvalue weighted by Gasteiger charge is -2.18. The average molecular weight is 421 g/mol. The molecule has 0 unspecified atom stereocenters. The zero-order valence-corrected chi connectivity index (χ0v) is 17.4. The van der Waals surface area contributed by atoms with Gasteiger partial charge in [0.1, 0.15) is 11.7 Å². The molecule has 0 aromatic heterocycles. The minimum atomic E-state index is -0.861. The number of methoxy groups -OCH3 is 1. The molecule has 0 radical (unpaired) electrons. The van der Waals surface area contributed by atoms with E-state index in [-0.39, 0.29) is 17.2 Å². The van der Waals surface area contributed by atoms with Crippen LogP contribution in [-0.4, -0.2) is 55.6 Å². The summed E-state index contributed by atoms with van der Waals surface area (Å²) in [6.45, 7) is 4.61. The second kappa shape index (κ2) is 10.6. The lowest BCUT2D eigenvalue weighted by molar-refractivity contribution is -0.384. The van der Waals surface area contributed by atoms with Crippen molar-refractivity contribution in [2.45, 2.75) is 39.2 Å². The molecule has 1 fully saturated rings. The van der Waals surface area contributed by atoms with Crippen LogP contribution in [0.4, 0.5) is 11.4 Å². The van der Waals surface area contributed by atoms with Gasteiger partial charge in [0.2, 0.25) is 0 Å². The van der Waals surface area contributed by atoms with Crippen molar-refractivity contribution in [3.63, 3.8) is 0 Å². The highest BCUT2D eigenvalue weighted by Crippen LogP contribution is 2.31. The van der Waals surface area contributed by atoms with Crippen LogP contribution in [0.15, 0.2) is 18.2 Å². The highest BCUT2D eigenvalue weighted by atomic mass is 16.6. The molecule has 10 heteroatoms. The smallest absolute Gasteiger partial charge is 0.338 e. The Labute approximate surface area is 174 Å². The Morgan fingerprint density at radius 2 is 1.90 bits per heavy atom. The first-order valence-electron chi connectivity index (χ1n) is 9.80. The van der Waals surface area contributed by atoms with Crippen LogP contribution in [0.25, 0.3) is 0 Å². The lowest BCUT2D eigenvalue weighted by atomic mass is 10.0. The second-order valence-corrected chi connectivity index (χ2v) is 7.50. The first kappa shape index (κ1) is 23.1. The Bertz CT molecular complexity index is 804. The van der Waals surface area contributed by atoms with Crippen molar-refractivity contribution in [2.24, 2.45) is 5.92 Å². The number of carbonyl (C=O) groups excluding carboxylic acids is 3. The Morgan fingerprint density at radius 3 is 2.47 bits per heavy atom. The van der Waals surface area contributed by atoms with Crippen LogP contribution in [0, 0.1) is 16.0 Å². The minimum Gasteiger partial charge on any atom is -0.467 e. The zero-order valence-electron chi connectivity index (χ0n) is 17.4. The normalized spacial score (nSPS) is 14.3. The van der Waals surface area contributed by atoms with E-state index in [9.17, 15) is 24.5 Å². The molecule has 164 valence electrons. The van der Waals surface area contributed by atoms with Gasteiger partial charge in [-0.05, 0) is 37.3 Å². The van der Waals surface area contributed by atoms with Gasteiger partial charge in [0, 0.05) is 19.2 Å². The number of hydrogen-bond donors (Lipinski definition) is 1. The Hall–Kier alpha value is -3.17. The molecule has 1 amide bonds. The number of ether oxygens (including phenoxy) is 2. The number of amides is 1. The molecule has 1 saturated heterocycles. The Balaban J connectivity index is 2.01. The minimum absolute atomic E-state index is 0.0239. The zero-order chi connectivity index (χ0) is 22.3. The third-order valence-corrected chi connectivity index (χ3v) is 4.72. The number of nitro benzene ring substituents is 1. The molecule has 10 nitrogen and oxygen atoms in total. The number of nitrogens with one attached hydrogen (secondary N) is 1. The maximum Gasteiger partial charge on any atom is 0.338 e. The van der Waals surface area contributed by atoms with Gasteiger partial charge in [0.25, 0.3) is 11.6 Å². The van der Waals surface area contributed by atoms with Gasteiger partial charge in [-0.15, -0.1) is 0 Å². The number of nitro groups is 1. The monoisotopic (exact) mass is 421 g/mol. The first-order valence-corrected chi connectivity index (χ1v) is 9.80. The predicted octanol–water partition coefficient (Wildman–Crippen LogP) is 2.06. The largest absolute Gasteiger partial charge is 0.467 e. The topological polar surface area (TPSA) is 128 Å². The summed E-state index contributed by atoms with van der Waals surface area (Å²) in [6.07, 6.45) is 2.29. The van der Waals surface area contributed by atoms with Gasteiger partial charge in [-0.1, -0.05) is 13.8 Å². The number of anilines is 1. The molecule has 1 aromatic carbocycles. The van der Waals surface area contributed by atoms with E-state index in [1.54, 1.807) is 0 Å². The highest BCUT2D eigenvalue weighted by molar-refractivity contribution is 5.93. The molecule has 1 heterocycles. The van der Waals surface area contributed by atoms with E-state index in [1.165, 1.54) is 19.2 Å². The third kappa shape index (κ3) is 6.16. The number of rotatable bonds is 9. The molecule has 0 spiro atoms. The average Bonchev–Trinajstić information content (AvgIpc) is 3.24. The summed E-state index contributed by atoms with van der Waals surface area (Å²) < 4.78 is 9.64. The van der Waals surface area contributed by atoms with Crippen LogP contribution in [0.1, 0.15) is 43.5 Å². The summed E-state index contributed by atoms with van der Waals surface area (Å²) in [5, 5.41) is 13.9. The fraction of sp³-hybridized carbons (Fsp3) is 0.550. The molecular weight excluding hydrogens is 394 g/mol. The Morgan fingerprint density at radius 1 is 1.23 bits per heavy atom. The van der Waals surface area contributed by atoms with Crippen molar-refractivity contribution >= 4 is 29.2 Å². The maximum atomic E-state index is 12.3. The highest BCUT2D eigenvalue weighted by Gasteiger charge is 2.26. The summed E-state index contributed by atoms with van der Waals surface area (Å²) >= 11 is 0. The van der Waals surface area contributed by atoms with E-state index in [2.05, 4.69) is 10.1 Å². The van der Waals surface area contributed by atoms with Gasteiger partial charge >= 0.3 is 11.9 Å². The summed E-state index contributed by atoms with van der Waals surface area (Å²) in [4.78, 5) is 48.9. The number of benzene rings is 1. The van der Waals surface area contributed by atoms with Crippen molar-refractivity contribution in [3.8, 4) is 0 Å². The summed E-state index contributed by atoms with van der Waals surface area (Å²) in [6, 6.07) is 3.28. The van der Waals surface area contributed by atoms with Crippen LogP contribution >= 0.6 is 0 Å². The van der Waals surface area contributed by atoms with Crippen molar-refractivity contribution in [2.75, 3.05) is 31.7 Å². The van der Waals surface area contributed by atoms with Crippen molar-refractivity contribution in [1.29, 1.82) is 0 Å². The van der Waals surface area contributed by atoms with Crippen molar-refractivity contribution in [3.05, 3.63) is 33.9 Å². The molecule has 0 aliphatic carbocycles. The molecule has 1 aliphatic rings. The van der Waals surface area contributed by atoms with E-state index in [4.69, 9.17) is 4.74 Å². The summed E-state index contributed by atoms with van der Waals surface area (Å²) in [5.74, 6) is -1.98. The number of nitrogens with zero attached hydrogens (tertiary/aromatic N) is 2. The maximum absolute atomic E-state index is 12.3. The van der Waals surface area contributed by atoms with E-state index in [1.807, 2.05) is 18.7 Å². The molecule has 0 bridgehead atoms. The van der Waals surface area contributed by atoms with E-state index in [0.29, 0.717) is 12.1 Å². The third-order valence-electron chi connectivity index (χ3n) is 4.72. The number of hydrogen-bond acceptors (Lipinski definition) is 8. The van der Waals surface area contributed by atoms with Crippen molar-refractivity contribution in [1.82, 2.24) is 5.32 Å².